The Morgan fingerprint density at radius 2 is 1.32 bits per heavy atom. The van der Waals surface area contributed by atoms with Gasteiger partial charge < -0.3 is 14.2 Å². The molecule has 0 spiro atoms. The number of ketones is 1. The molecule has 1 atom stereocenters. The fraction of sp³-hybridized carbons (Fsp3) is 0.326. The van der Waals surface area contributed by atoms with Gasteiger partial charge in [-0.15, -0.1) is 0 Å². The molecule has 4 nitrogen and oxygen atoms in total. The van der Waals surface area contributed by atoms with Crippen molar-refractivity contribution in [1.29, 1.82) is 0 Å². The van der Waals surface area contributed by atoms with Crippen LogP contribution in [-0.2, 0) is 26.1 Å². The van der Waals surface area contributed by atoms with Gasteiger partial charge in [-0.2, -0.15) is 0 Å². The highest BCUT2D eigenvalue weighted by molar-refractivity contribution is 6.03. The zero-order valence-corrected chi connectivity index (χ0v) is 30.9. The smallest absolute Gasteiger partial charge is 0.174 e. The third kappa shape index (κ3) is 9.44. The fourth-order valence-corrected chi connectivity index (χ4v) is 6.41. The molecule has 0 amide bonds. The molecule has 0 aliphatic carbocycles. The molecule has 4 aromatic rings. The van der Waals surface area contributed by atoms with E-state index in [1.165, 1.54) is 16.7 Å². The van der Waals surface area contributed by atoms with E-state index < -0.39 is 6.10 Å². The lowest BCUT2D eigenvalue weighted by atomic mass is 9.88. The summed E-state index contributed by atoms with van der Waals surface area (Å²) in [4.78, 5) is 14.3. The second-order valence-corrected chi connectivity index (χ2v) is 14.0. The third-order valence-corrected chi connectivity index (χ3v) is 9.24. The van der Waals surface area contributed by atoms with Crippen LogP contribution >= 0.6 is 0 Å². The Morgan fingerprint density at radius 1 is 0.720 bits per heavy atom. The van der Waals surface area contributed by atoms with Crippen LogP contribution in [0.3, 0.4) is 0 Å². The van der Waals surface area contributed by atoms with E-state index >= 15 is 0 Å². The van der Waals surface area contributed by atoms with E-state index in [0.29, 0.717) is 43.1 Å². The normalized spacial score (nSPS) is 14.0. The van der Waals surface area contributed by atoms with Crippen LogP contribution in [0.5, 0.6) is 17.2 Å². The quantitative estimate of drug-likeness (QED) is 0.125. The van der Waals surface area contributed by atoms with Crippen LogP contribution in [0.4, 0.5) is 0 Å². The SMILES string of the molecule is CC(C)=CCC/C(C)=C/Cc1c([C@@H]2CC(=O)c3c(cc(C)c(CC=C(C)C)c3OCc3ccccc3)O2)ccc(C)c1OCc1ccccc1. The van der Waals surface area contributed by atoms with E-state index in [4.69, 9.17) is 14.2 Å². The van der Waals surface area contributed by atoms with Crippen LogP contribution in [0.15, 0.2) is 114 Å². The predicted octanol–water partition coefficient (Wildman–Crippen LogP) is 11.9. The van der Waals surface area contributed by atoms with Gasteiger partial charge >= 0.3 is 0 Å². The van der Waals surface area contributed by atoms with Crippen molar-refractivity contribution in [3.63, 3.8) is 0 Å². The molecule has 0 saturated heterocycles. The molecule has 0 N–H and O–H groups in total. The first kappa shape index (κ1) is 36.5. The molecule has 5 rings (SSSR count). The number of hydrogen-bond donors (Lipinski definition) is 0. The molecule has 0 unspecified atom stereocenters. The standard InChI is InChI=1S/C46H52O4/c1-31(2)15-14-16-33(5)22-25-40-39(26-23-34(6)45(40)48-29-36-17-10-8-11-18-36)42-28-41(47)44-43(50-42)27-35(7)38(24-21-32(3)4)46(44)49-30-37-19-12-9-13-20-37/h8-13,15,17-23,26-27,42H,14,16,24-25,28-30H2,1-7H3/b33-22+/t42-/m0/s1. The number of hydrogen-bond acceptors (Lipinski definition) is 4. The highest BCUT2D eigenvalue weighted by atomic mass is 16.5. The molecule has 0 fully saturated rings. The Balaban J connectivity index is 1.53. The van der Waals surface area contributed by atoms with E-state index in [9.17, 15) is 4.79 Å². The molecule has 50 heavy (non-hydrogen) atoms. The summed E-state index contributed by atoms with van der Waals surface area (Å²) >= 11 is 0. The van der Waals surface area contributed by atoms with E-state index in [2.05, 4.69) is 91.0 Å². The Labute approximate surface area is 299 Å². The average Bonchev–Trinajstić information content (AvgIpc) is 3.09. The first-order valence-electron chi connectivity index (χ1n) is 17.8. The van der Waals surface area contributed by atoms with Gasteiger partial charge in [-0.1, -0.05) is 108 Å². The summed E-state index contributed by atoms with van der Waals surface area (Å²) in [6, 6.07) is 26.6. The molecular formula is C46H52O4. The van der Waals surface area contributed by atoms with Crippen molar-refractivity contribution in [2.24, 2.45) is 0 Å². The monoisotopic (exact) mass is 668 g/mol. The summed E-state index contributed by atoms with van der Waals surface area (Å²) in [5, 5.41) is 0. The maximum atomic E-state index is 14.3. The van der Waals surface area contributed by atoms with Crippen LogP contribution in [0.25, 0.3) is 0 Å². The fourth-order valence-electron chi connectivity index (χ4n) is 6.41. The van der Waals surface area contributed by atoms with E-state index in [1.807, 2.05) is 54.6 Å². The predicted molar refractivity (Wildman–Crippen MR) is 205 cm³/mol. The van der Waals surface area contributed by atoms with Crippen molar-refractivity contribution in [3.05, 3.63) is 158 Å². The van der Waals surface area contributed by atoms with Gasteiger partial charge in [0.25, 0.3) is 0 Å². The topological polar surface area (TPSA) is 44.8 Å². The zero-order chi connectivity index (χ0) is 35.6. The maximum Gasteiger partial charge on any atom is 0.174 e. The minimum absolute atomic E-state index is 0.0319. The molecular weight excluding hydrogens is 617 g/mol. The van der Waals surface area contributed by atoms with Gasteiger partial charge in [0.1, 0.15) is 42.1 Å². The summed E-state index contributed by atoms with van der Waals surface area (Å²) in [6.45, 7) is 15.7. The minimum atomic E-state index is -0.450. The number of aryl methyl sites for hydroxylation is 2. The molecule has 1 heterocycles. The summed E-state index contributed by atoms with van der Waals surface area (Å²) in [5.41, 5.74) is 11.8. The van der Waals surface area contributed by atoms with Crippen LogP contribution in [0.2, 0.25) is 0 Å². The van der Waals surface area contributed by atoms with Crippen molar-refractivity contribution in [2.45, 2.75) is 99.9 Å². The Morgan fingerprint density at radius 3 is 1.94 bits per heavy atom. The van der Waals surface area contributed by atoms with E-state index in [-0.39, 0.29) is 12.2 Å². The number of carbonyl (C=O) groups is 1. The molecule has 4 aromatic carbocycles. The minimum Gasteiger partial charge on any atom is -0.488 e. The Kier molecular flexibility index (Phi) is 12.5. The number of carbonyl (C=O) groups excluding carboxylic acids is 1. The molecule has 0 radical (unpaired) electrons. The summed E-state index contributed by atoms with van der Waals surface area (Å²) in [7, 11) is 0. The highest BCUT2D eigenvalue weighted by Gasteiger charge is 2.34. The lowest BCUT2D eigenvalue weighted by Gasteiger charge is -2.30. The van der Waals surface area contributed by atoms with Gasteiger partial charge in [0.05, 0.1) is 6.42 Å². The first-order chi connectivity index (χ1) is 24.1. The second-order valence-electron chi connectivity index (χ2n) is 14.0. The number of allylic oxidation sites excluding steroid dienone is 6. The van der Waals surface area contributed by atoms with Gasteiger partial charge in [-0.3, -0.25) is 4.79 Å². The van der Waals surface area contributed by atoms with E-state index in [0.717, 1.165) is 57.5 Å². The van der Waals surface area contributed by atoms with Crippen molar-refractivity contribution in [3.8, 4) is 17.2 Å². The van der Waals surface area contributed by atoms with Crippen molar-refractivity contribution in [1.82, 2.24) is 0 Å². The molecule has 0 saturated carbocycles. The molecule has 4 heteroatoms. The molecule has 1 aliphatic heterocycles. The zero-order valence-electron chi connectivity index (χ0n) is 30.9. The number of Topliss-reactive ketones (excluding diaryl/α,β-unsaturated/α-hetero) is 1. The van der Waals surface area contributed by atoms with Crippen LogP contribution < -0.4 is 14.2 Å². The van der Waals surface area contributed by atoms with Crippen molar-refractivity contribution >= 4 is 5.78 Å². The third-order valence-electron chi connectivity index (χ3n) is 9.24. The van der Waals surface area contributed by atoms with Gasteiger partial charge in [0.15, 0.2) is 5.78 Å². The summed E-state index contributed by atoms with van der Waals surface area (Å²) in [5.74, 6) is 2.11. The number of fused-ring (bicyclic) bond motifs is 1. The Hall–Kier alpha value is -4.83. The maximum absolute atomic E-state index is 14.3. The summed E-state index contributed by atoms with van der Waals surface area (Å²) in [6.07, 6.45) is 9.94. The average molecular weight is 669 g/mol. The summed E-state index contributed by atoms with van der Waals surface area (Å²) < 4.78 is 20.0. The van der Waals surface area contributed by atoms with Gasteiger partial charge in [0.2, 0.25) is 0 Å². The highest BCUT2D eigenvalue weighted by Crippen LogP contribution is 2.45. The number of ether oxygens (including phenoxy) is 3. The van der Waals surface area contributed by atoms with Crippen molar-refractivity contribution < 1.29 is 19.0 Å². The van der Waals surface area contributed by atoms with Crippen LogP contribution in [0.1, 0.15) is 109 Å². The van der Waals surface area contributed by atoms with Crippen molar-refractivity contribution in [2.75, 3.05) is 0 Å². The largest absolute Gasteiger partial charge is 0.488 e. The number of benzene rings is 4. The van der Waals surface area contributed by atoms with Crippen LogP contribution in [0, 0.1) is 13.8 Å². The van der Waals surface area contributed by atoms with Gasteiger partial charge in [-0.25, -0.2) is 0 Å². The Bertz CT molecular complexity index is 1870. The lowest BCUT2D eigenvalue weighted by Crippen LogP contribution is -2.23. The molecule has 0 bridgehead atoms. The second kappa shape index (κ2) is 17.2. The molecule has 1 aliphatic rings. The number of rotatable bonds is 14. The first-order valence-corrected chi connectivity index (χ1v) is 17.8. The van der Waals surface area contributed by atoms with Gasteiger partial charge in [0, 0.05) is 11.1 Å². The lowest BCUT2D eigenvalue weighted by molar-refractivity contribution is 0.0840. The molecule has 260 valence electrons. The van der Waals surface area contributed by atoms with Crippen LogP contribution in [-0.4, -0.2) is 5.78 Å². The van der Waals surface area contributed by atoms with E-state index in [1.54, 1.807) is 0 Å². The van der Waals surface area contributed by atoms with Gasteiger partial charge in [-0.05, 0) is 108 Å². The molecule has 0 aromatic heterocycles.